The van der Waals surface area contributed by atoms with Gasteiger partial charge < -0.3 is 4.74 Å². The van der Waals surface area contributed by atoms with Crippen LogP contribution in [0.25, 0.3) is 0 Å². The Morgan fingerprint density at radius 3 is 2.50 bits per heavy atom. The molecule has 2 rings (SSSR count). The Kier molecular flexibility index (Phi) is 3.01. The number of hydrogen-bond donors (Lipinski definition) is 0. The van der Waals surface area contributed by atoms with Gasteiger partial charge in [-0.2, -0.15) is 0 Å². The Morgan fingerprint density at radius 1 is 1.19 bits per heavy atom. The zero-order valence-corrected chi connectivity index (χ0v) is 9.96. The van der Waals surface area contributed by atoms with E-state index in [1.807, 2.05) is 0 Å². The van der Waals surface area contributed by atoms with Gasteiger partial charge in [0.15, 0.2) is 0 Å². The summed E-state index contributed by atoms with van der Waals surface area (Å²) >= 11 is 0. The fraction of sp³-hybridized carbons (Fsp3) is 0.333. The van der Waals surface area contributed by atoms with Crippen LogP contribution in [-0.4, -0.2) is 15.0 Å². The van der Waals surface area contributed by atoms with E-state index in [0.29, 0.717) is 28.6 Å². The van der Waals surface area contributed by atoms with E-state index < -0.39 is 9.84 Å². The number of rotatable bonds is 2. The zero-order valence-electron chi connectivity index (χ0n) is 9.14. The molecule has 1 aromatic carbocycles. The third-order valence-electron chi connectivity index (χ3n) is 2.64. The Hall–Kier alpha value is -1.29. The summed E-state index contributed by atoms with van der Waals surface area (Å²) in [6.07, 6.45) is 1.34. The number of allylic oxidation sites excluding steroid dienone is 2. The second-order valence-electron chi connectivity index (χ2n) is 3.75. The summed E-state index contributed by atoms with van der Waals surface area (Å²) in [7, 11) is -3.36. The second-order valence-corrected chi connectivity index (χ2v) is 5.72. The van der Waals surface area contributed by atoms with Crippen LogP contribution in [0, 0.1) is 0 Å². The molecule has 1 aliphatic heterocycles. The van der Waals surface area contributed by atoms with Crippen LogP contribution in [-0.2, 0) is 14.6 Å². The minimum atomic E-state index is -3.36. The van der Waals surface area contributed by atoms with Crippen LogP contribution in [0.15, 0.2) is 45.9 Å². The van der Waals surface area contributed by atoms with Gasteiger partial charge in [-0.1, -0.05) is 18.2 Å². The summed E-state index contributed by atoms with van der Waals surface area (Å²) in [5, 5.41) is 0. The van der Waals surface area contributed by atoms with Crippen molar-refractivity contribution in [2.75, 3.05) is 6.61 Å². The van der Waals surface area contributed by atoms with Crippen LogP contribution >= 0.6 is 0 Å². The van der Waals surface area contributed by atoms with Gasteiger partial charge in [-0.3, -0.25) is 0 Å². The molecule has 4 heteroatoms. The average Bonchev–Trinajstić information content (AvgIpc) is 2.30. The maximum absolute atomic E-state index is 12.3. The lowest BCUT2D eigenvalue weighted by Gasteiger charge is -2.18. The topological polar surface area (TPSA) is 43.4 Å². The Balaban J connectivity index is 2.48. The summed E-state index contributed by atoms with van der Waals surface area (Å²) in [5.41, 5.74) is 0. The van der Waals surface area contributed by atoms with Crippen LogP contribution in [0.5, 0.6) is 0 Å². The second kappa shape index (κ2) is 4.29. The molecule has 0 aromatic heterocycles. The van der Waals surface area contributed by atoms with Crippen LogP contribution in [0.4, 0.5) is 0 Å². The normalized spacial score (nSPS) is 17.1. The molecular weight excluding hydrogens is 224 g/mol. The highest BCUT2D eigenvalue weighted by molar-refractivity contribution is 7.95. The van der Waals surface area contributed by atoms with E-state index in [4.69, 9.17) is 4.74 Å². The molecule has 0 spiro atoms. The third-order valence-corrected chi connectivity index (χ3v) is 4.67. The number of sulfone groups is 1. The molecule has 0 fully saturated rings. The van der Waals surface area contributed by atoms with E-state index in [1.165, 1.54) is 0 Å². The van der Waals surface area contributed by atoms with Crippen molar-refractivity contribution in [1.82, 2.24) is 0 Å². The van der Waals surface area contributed by atoms with E-state index in [2.05, 4.69) is 0 Å². The van der Waals surface area contributed by atoms with Gasteiger partial charge in [0.2, 0.25) is 9.84 Å². The molecule has 0 amide bonds. The van der Waals surface area contributed by atoms with Gasteiger partial charge in [0.1, 0.15) is 5.76 Å². The smallest absolute Gasteiger partial charge is 0.206 e. The van der Waals surface area contributed by atoms with E-state index >= 15 is 0 Å². The molecular formula is C12H14O3S. The molecule has 1 heterocycles. The van der Waals surface area contributed by atoms with Crippen LogP contribution in [0.1, 0.15) is 19.8 Å². The minimum absolute atomic E-state index is 0.342. The molecule has 0 unspecified atom stereocenters. The Bertz CT molecular complexity index is 500. The first-order valence-electron chi connectivity index (χ1n) is 5.25. The highest BCUT2D eigenvalue weighted by Gasteiger charge is 2.25. The van der Waals surface area contributed by atoms with E-state index in [1.54, 1.807) is 37.3 Å². The van der Waals surface area contributed by atoms with Crippen molar-refractivity contribution in [3.05, 3.63) is 41.0 Å². The molecule has 0 aliphatic carbocycles. The average molecular weight is 238 g/mol. The predicted molar refractivity (Wildman–Crippen MR) is 61.5 cm³/mol. The SMILES string of the molecule is CC1=C(S(=O)(=O)c2ccccc2)CCCO1. The van der Waals surface area contributed by atoms with Gasteiger partial charge in [-0.15, -0.1) is 0 Å². The first-order chi connectivity index (χ1) is 7.62. The lowest BCUT2D eigenvalue weighted by Crippen LogP contribution is -2.13. The van der Waals surface area contributed by atoms with Crippen molar-refractivity contribution in [2.45, 2.75) is 24.7 Å². The maximum atomic E-state index is 12.3. The molecule has 3 nitrogen and oxygen atoms in total. The molecule has 1 aromatic rings. The molecule has 86 valence electrons. The highest BCUT2D eigenvalue weighted by atomic mass is 32.2. The highest BCUT2D eigenvalue weighted by Crippen LogP contribution is 2.28. The van der Waals surface area contributed by atoms with Gasteiger partial charge in [0.05, 0.1) is 16.4 Å². The Labute approximate surface area is 95.7 Å². The van der Waals surface area contributed by atoms with Crippen molar-refractivity contribution in [3.8, 4) is 0 Å². The van der Waals surface area contributed by atoms with Crippen molar-refractivity contribution < 1.29 is 13.2 Å². The van der Waals surface area contributed by atoms with Gasteiger partial charge in [0, 0.05) is 0 Å². The Morgan fingerprint density at radius 2 is 1.88 bits per heavy atom. The summed E-state index contributed by atoms with van der Waals surface area (Å²) in [6, 6.07) is 8.49. The summed E-state index contributed by atoms with van der Waals surface area (Å²) in [4.78, 5) is 0.764. The van der Waals surface area contributed by atoms with Gasteiger partial charge in [-0.05, 0) is 31.9 Å². The van der Waals surface area contributed by atoms with Crippen LogP contribution in [0.2, 0.25) is 0 Å². The minimum Gasteiger partial charge on any atom is -0.497 e. The summed E-state index contributed by atoms with van der Waals surface area (Å²) in [5.74, 6) is 0.537. The molecule has 0 N–H and O–H groups in total. The lowest BCUT2D eigenvalue weighted by molar-refractivity contribution is 0.193. The third kappa shape index (κ3) is 1.97. The molecule has 0 atom stereocenters. The van der Waals surface area contributed by atoms with E-state index in [-0.39, 0.29) is 0 Å². The maximum Gasteiger partial charge on any atom is 0.206 e. The van der Waals surface area contributed by atoms with Crippen LogP contribution < -0.4 is 0 Å². The van der Waals surface area contributed by atoms with Gasteiger partial charge in [0.25, 0.3) is 0 Å². The largest absolute Gasteiger partial charge is 0.497 e. The molecule has 0 saturated carbocycles. The molecule has 0 saturated heterocycles. The van der Waals surface area contributed by atoms with Crippen molar-refractivity contribution in [1.29, 1.82) is 0 Å². The fourth-order valence-corrected chi connectivity index (χ4v) is 3.43. The number of hydrogen-bond acceptors (Lipinski definition) is 3. The van der Waals surface area contributed by atoms with Crippen molar-refractivity contribution >= 4 is 9.84 Å². The van der Waals surface area contributed by atoms with Crippen molar-refractivity contribution in [2.24, 2.45) is 0 Å². The summed E-state index contributed by atoms with van der Waals surface area (Å²) in [6.45, 7) is 2.33. The number of ether oxygens (including phenoxy) is 1. The zero-order chi connectivity index (χ0) is 11.6. The quantitative estimate of drug-likeness (QED) is 0.795. The predicted octanol–water partition coefficient (Wildman–Crippen LogP) is 2.50. The standard InChI is InChI=1S/C12H14O3S/c1-10-12(8-5-9-15-10)16(13,14)11-6-3-2-4-7-11/h2-4,6-7H,5,8-9H2,1H3. The molecule has 0 radical (unpaired) electrons. The monoisotopic (exact) mass is 238 g/mol. The van der Waals surface area contributed by atoms with Crippen LogP contribution in [0.3, 0.4) is 0 Å². The molecule has 0 bridgehead atoms. The number of benzene rings is 1. The molecule has 1 aliphatic rings. The first-order valence-corrected chi connectivity index (χ1v) is 6.73. The van der Waals surface area contributed by atoms with E-state index in [9.17, 15) is 8.42 Å². The first kappa shape index (κ1) is 11.2. The fourth-order valence-electron chi connectivity index (χ4n) is 1.78. The van der Waals surface area contributed by atoms with Gasteiger partial charge in [-0.25, -0.2) is 8.42 Å². The van der Waals surface area contributed by atoms with Gasteiger partial charge >= 0.3 is 0 Å². The van der Waals surface area contributed by atoms with Crippen molar-refractivity contribution in [3.63, 3.8) is 0 Å². The lowest BCUT2D eigenvalue weighted by atomic mass is 10.2. The molecule has 16 heavy (non-hydrogen) atoms. The summed E-state index contributed by atoms with van der Waals surface area (Å²) < 4.78 is 29.8. The van der Waals surface area contributed by atoms with E-state index in [0.717, 1.165) is 6.42 Å².